The van der Waals surface area contributed by atoms with Crippen LogP contribution in [0.25, 0.3) is 0 Å². The number of nitrogens with one attached hydrogen (secondary N) is 1. The first-order valence-electron chi connectivity index (χ1n) is 6.76. The molecule has 144 valence electrons. The SMILES string of the molecule is CCC(CC)(OC(=O)C(C)(I)C1N[I-]1)C(O)(C(F)(F)F)C(F)(F)F. The topological polar surface area (TPSA) is 68.5 Å². The van der Waals surface area contributed by atoms with E-state index in [1.807, 2.05) is 0 Å². The molecule has 1 aliphatic rings. The Hall–Kier alpha value is 0.430. The molecule has 2 N–H and O–H groups in total. The molecule has 2 unspecified atom stereocenters. The first kappa shape index (κ1) is 22.5. The molecule has 0 aromatic rings. The molecule has 0 amide bonds. The third-order valence-corrected chi connectivity index (χ3v) is 8.75. The number of ether oxygens (including phenoxy) is 1. The normalized spacial score (nSPS) is 22.4. The Labute approximate surface area is 158 Å². The van der Waals surface area contributed by atoms with E-state index in [-0.39, 0.29) is 4.05 Å². The molecule has 4 nitrogen and oxygen atoms in total. The van der Waals surface area contributed by atoms with Gasteiger partial charge < -0.3 is 0 Å². The van der Waals surface area contributed by atoms with Crippen molar-refractivity contribution in [2.24, 2.45) is 0 Å². The number of esters is 1. The van der Waals surface area contributed by atoms with E-state index in [9.17, 15) is 36.2 Å². The van der Waals surface area contributed by atoms with Crippen molar-refractivity contribution in [1.29, 1.82) is 0 Å². The Kier molecular flexibility index (Phi) is 6.43. The van der Waals surface area contributed by atoms with Gasteiger partial charge in [0, 0.05) is 0 Å². The molecule has 0 bridgehead atoms. The van der Waals surface area contributed by atoms with Gasteiger partial charge in [-0.3, -0.25) is 0 Å². The van der Waals surface area contributed by atoms with Gasteiger partial charge in [-0.2, -0.15) is 0 Å². The monoisotopic (exact) mass is 590 g/mol. The van der Waals surface area contributed by atoms with Gasteiger partial charge in [0.05, 0.1) is 0 Å². The summed E-state index contributed by atoms with van der Waals surface area (Å²) in [6.45, 7) is 3.38. The first-order valence-corrected chi connectivity index (χ1v) is 10.2. The molecule has 0 aromatic heterocycles. The zero-order chi connectivity index (χ0) is 19.2. The van der Waals surface area contributed by atoms with E-state index in [0.29, 0.717) is 0 Å². The molecule has 24 heavy (non-hydrogen) atoms. The van der Waals surface area contributed by atoms with Gasteiger partial charge in [-0.15, -0.1) is 0 Å². The molecule has 0 radical (unpaired) electrons. The minimum atomic E-state index is -6.07. The molecule has 0 spiro atoms. The number of alkyl halides is 8. The fourth-order valence-electron chi connectivity index (χ4n) is 2.27. The van der Waals surface area contributed by atoms with Crippen LogP contribution in [-0.2, 0) is 9.53 Å². The summed E-state index contributed by atoms with van der Waals surface area (Å²) >= 11 is 1.10. The Morgan fingerprint density at radius 2 is 1.54 bits per heavy atom. The van der Waals surface area contributed by atoms with Gasteiger partial charge in [-0.05, 0) is 0 Å². The van der Waals surface area contributed by atoms with Crippen LogP contribution in [0.3, 0.4) is 0 Å². The number of hydrogen-bond acceptors (Lipinski definition) is 4. The second-order valence-electron chi connectivity index (χ2n) is 5.45. The summed E-state index contributed by atoms with van der Waals surface area (Å²) < 4.78 is 85.3. The van der Waals surface area contributed by atoms with Gasteiger partial charge >= 0.3 is 159 Å². The molecule has 1 fully saturated rings. The molecule has 2 atom stereocenters. The van der Waals surface area contributed by atoms with Crippen molar-refractivity contribution in [3.63, 3.8) is 0 Å². The van der Waals surface area contributed by atoms with E-state index in [0.717, 1.165) is 13.8 Å². The van der Waals surface area contributed by atoms with Crippen LogP contribution in [0.2, 0.25) is 0 Å². The Balaban J connectivity index is 3.38. The van der Waals surface area contributed by atoms with Crippen LogP contribution >= 0.6 is 22.6 Å². The third-order valence-electron chi connectivity index (χ3n) is 4.00. The maximum absolute atomic E-state index is 13.2. The standard InChI is InChI=1S/C12H16F6I2NO3/c1-4-9(5-2,10(23,11(13,14)15)12(16,17)18)24-7(22)8(3,19)6-20-21-6/h6,21,23H,4-5H2,1-3H3/q-1. The van der Waals surface area contributed by atoms with Crippen molar-refractivity contribution >= 4 is 28.6 Å². The van der Waals surface area contributed by atoms with Crippen LogP contribution in [0.1, 0.15) is 33.6 Å². The second kappa shape index (κ2) is 6.87. The molecular weight excluding hydrogens is 574 g/mol. The number of aliphatic hydroxyl groups is 1. The van der Waals surface area contributed by atoms with E-state index in [2.05, 4.69) is 3.53 Å². The number of carbonyl (C=O) groups excluding carboxylic acids is 1. The minimum absolute atomic E-state index is 0.305. The molecule has 0 aliphatic carbocycles. The summed E-state index contributed by atoms with van der Waals surface area (Å²) in [5.74, 6) is -1.21. The van der Waals surface area contributed by atoms with Crippen molar-refractivity contribution in [1.82, 2.24) is 3.53 Å². The number of hydrogen-bond donors (Lipinski definition) is 2. The quantitative estimate of drug-likeness (QED) is 0.0876. The van der Waals surface area contributed by atoms with Gasteiger partial charge in [-0.25, -0.2) is 0 Å². The summed E-state index contributed by atoms with van der Waals surface area (Å²) in [4.78, 5) is 12.3. The molecule has 0 aromatic carbocycles. The summed E-state index contributed by atoms with van der Waals surface area (Å²) in [5, 5.41) is 9.73. The van der Waals surface area contributed by atoms with E-state index in [1.165, 1.54) is 6.92 Å². The fraction of sp³-hybridized carbons (Fsp3) is 0.917. The number of halogens is 8. The van der Waals surface area contributed by atoms with Crippen molar-refractivity contribution in [3.05, 3.63) is 0 Å². The van der Waals surface area contributed by atoms with E-state index in [1.54, 1.807) is 22.6 Å². The van der Waals surface area contributed by atoms with E-state index < -0.39 is 67.3 Å². The first-order chi connectivity index (χ1) is 10.6. The Morgan fingerprint density at radius 3 is 1.79 bits per heavy atom. The van der Waals surface area contributed by atoms with Crippen LogP contribution in [0, 0.1) is 0 Å². The van der Waals surface area contributed by atoms with Crippen molar-refractivity contribution < 1.29 is 62.5 Å². The number of carbonyl (C=O) groups is 1. The average Bonchev–Trinajstić information content (AvgIpc) is 3.26. The van der Waals surface area contributed by atoms with Crippen LogP contribution in [0.5, 0.6) is 0 Å². The molecular formula is C12H16F6I2NO3-. The molecule has 0 saturated carbocycles. The molecule has 1 heterocycles. The molecule has 1 rings (SSSR count). The zero-order valence-corrected chi connectivity index (χ0v) is 17.1. The maximum atomic E-state index is 13.2. The van der Waals surface area contributed by atoms with Gasteiger partial charge in [0.25, 0.3) is 0 Å². The van der Waals surface area contributed by atoms with Crippen molar-refractivity contribution in [3.8, 4) is 0 Å². The van der Waals surface area contributed by atoms with Gasteiger partial charge in [-0.1, -0.05) is 0 Å². The molecule has 1 aliphatic heterocycles. The molecule has 1 saturated heterocycles. The Bertz CT molecular complexity index is 472. The Morgan fingerprint density at radius 1 is 1.17 bits per heavy atom. The summed E-state index contributed by atoms with van der Waals surface area (Å²) in [6, 6.07) is 0. The van der Waals surface area contributed by atoms with Crippen LogP contribution < -0.4 is 25.0 Å². The summed E-state index contributed by atoms with van der Waals surface area (Å²) in [7, 11) is 0. The zero-order valence-electron chi connectivity index (χ0n) is 12.8. The van der Waals surface area contributed by atoms with Crippen molar-refractivity contribution in [2.45, 2.75) is 64.6 Å². The van der Waals surface area contributed by atoms with Crippen LogP contribution in [-0.4, -0.2) is 42.1 Å². The fourth-order valence-corrected chi connectivity index (χ4v) is 5.57. The van der Waals surface area contributed by atoms with Crippen LogP contribution in [0.15, 0.2) is 0 Å². The van der Waals surface area contributed by atoms with E-state index in [4.69, 9.17) is 4.74 Å². The summed E-state index contributed by atoms with van der Waals surface area (Å²) in [5.41, 5.74) is -8.33. The van der Waals surface area contributed by atoms with Gasteiger partial charge in [0.1, 0.15) is 0 Å². The summed E-state index contributed by atoms with van der Waals surface area (Å²) in [6.07, 6.45) is -13.8. The third kappa shape index (κ3) is 3.61. The van der Waals surface area contributed by atoms with Crippen molar-refractivity contribution in [2.75, 3.05) is 0 Å². The predicted octanol–water partition coefficient (Wildman–Crippen LogP) is 0.0711. The number of rotatable bonds is 6. The molecule has 12 heteroatoms. The van der Waals surface area contributed by atoms with Gasteiger partial charge in [0.15, 0.2) is 0 Å². The van der Waals surface area contributed by atoms with Crippen LogP contribution in [0.4, 0.5) is 26.3 Å². The predicted molar refractivity (Wildman–Crippen MR) is 75.8 cm³/mol. The second-order valence-corrected chi connectivity index (χ2v) is 10.2. The average molecular weight is 590 g/mol. The van der Waals surface area contributed by atoms with Gasteiger partial charge in [0.2, 0.25) is 0 Å². The van der Waals surface area contributed by atoms with E-state index >= 15 is 0 Å².